The van der Waals surface area contributed by atoms with Crippen molar-refractivity contribution >= 4 is 22.5 Å². The molecule has 25 heavy (non-hydrogen) atoms. The molecule has 2 aromatic rings. The first-order chi connectivity index (χ1) is 12.1. The summed E-state index contributed by atoms with van der Waals surface area (Å²) in [6.45, 7) is 1.20. The summed E-state index contributed by atoms with van der Waals surface area (Å²) in [6.07, 6.45) is 4.62. The van der Waals surface area contributed by atoms with Crippen molar-refractivity contribution in [1.29, 1.82) is 0 Å². The number of urea groups is 1. The molecule has 0 bridgehead atoms. The number of benzene rings is 1. The number of nitrogen functional groups attached to an aromatic ring is 1. The predicted molar refractivity (Wildman–Crippen MR) is 97.9 cm³/mol. The molecule has 1 saturated heterocycles. The van der Waals surface area contributed by atoms with Crippen molar-refractivity contribution in [2.24, 2.45) is 0 Å². The van der Waals surface area contributed by atoms with Gasteiger partial charge in [-0.3, -0.25) is 0 Å². The summed E-state index contributed by atoms with van der Waals surface area (Å²) in [5.41, 5.74) is 7.37. The van der Waals surface area contributed by atoms with Gasteiger partial charge >= 0.3 is 6.03 Å². The number of hydrogen-bond acceptors (Lipinski definition) is 4. The van der Waals surface area contributed by atoms with E-state index < -0.39 is 0 Å². The van der Waals surface area contributed by atoms with Gasteiger partial charge in [0.2, 0.25) is 0 Å². The number of nitrogens with one attached hydrogen (secondary N) is 1. The fourth-order valence-electron chi connectivity index (χ4n) is 3.25. The summed E-state index contributed by atoms with van der Waals surface area (Å²) in [4.78, 5) is 18.7. The molecule has 134 valence electrons. The number of likely N-dealkylation sites (tertiary alicyclic amines) is 1. The van der Waals surface area contributed by atoms with E-state index >= 15 is 0 Å². The topological polar surface area (TPSA) is 71.2 Å². The van der Waals surface area contributed by atoms with Crippen LogP contribution in [-0.4, -0.2) is 29.0 Å². The molecular weight excluding hydrogens is 339 g/mol. The second-order valence-electron chi connectivity index (χ2n) is 6.27. The van der Waals surface area contributed by atoms with Crippen molar-refractivity contribution < 1.29 is 9.18 Å². The first-order valence-electron chi connectivity index (χ1n) is 8.63. The Kier molecular flexibility index (Phi) is 5.86. The zero-order valence-corrected chi connectivity index (χ0v) is 14.9. The Bertz CT molecular complexity index is 721. The van der Waals surface area contributed by atoms with E-state index in [1.165, 1.54) is 23.5 Å². The minimum absolute atomic E-state index is 0.0758. The summed E-state index contributed by atoms with van der Waals surface area (Å²) in [7, 11) is 0. The fourth-order valence-corrected chi connectivity index (χ4v) is 3.85. The number of nitrogens with two attached hydrogens (primary N) is 1. The van der Waals surface area contributed by atoms with Gasteiger partial charge in [0.05, 0.1) is 11.7 Å². The maximum atomic E-state index is 13.6. The van der Waals surface area contributed by atoms with Crippen LogP contribution in [0.1, 0.15) is 43.0 Å². The molecule has 2 amide bonds. The number of thiazole rings is 1. The number of nitrogens with zero attached hydrogens (tertiary/aromatic N) is 2. The van der Waals surface area contributed by atoms with Crippen LogP contribution in [0.25, 0.3) is 0 Å². The van der Waals surface area contributed by atoms with Crippen LogP contribution < -0.4 is 11.1 Å². The summed E-state index contributed by atoms with van der Waals surface area (Å²) in [6, 6.07) is 6.40. The normalized spacial score (nSPS) is 18.0. The van der Waals surface area contributed by atoms with Crippen LogP contribution in [0, 0.1) is 5.82 Å². The van der Waals surface area contributed by atoms with Crippen molar-refractivity contribution in [3.63, 3.8) is 0 Å². The molecule has 1 fully saturated rings. The third-order valence-corrected chi connectivity index (χ3v) is 5.20. The van der Waals surface area contributed by atoms with Crippen molar-refractivity contribution in [3.05, 3.63) is 46.7 Å². The Morgan fingerprint density at radius 3 is 3.04 bits per heavy atom. The second-order valence-corrected chi connectivity index (χ2v) is 7.16. The molecule has 0 aliphatic carbocycles. The third-order valence-electron chi connectivity index (χ3n) is 4.47. The van der Waals surface area contributed by atoms with Gasteiger partial charge in [-0.15, -0.1) is 11.3 Å². The summed E-state index contributed by atoms with van der Waals surface area (Å²) in [5.74, 6) is -0.261. The van der Waals surface area contributed by atoms with E-state index in [2.05, 4.69) is 10.3 Å². The van der Waals surface area contributed by atoms with Crippen LogP contribution in [0.2, 0.25) is 0 Å². The number of carbonyl (C=O) groups is 1. The number of amides is 2. The SMILES string of the molecule is Nc1nc(CCNC(=O)N2CCCCC[C@@H]2c2cccc(F)c2)cs1. The highest BCUT2D eigenvalue weighted by molar-refractivity contribution is 7.13. The van der Waals surface area contributed by atoms with Gasteiger partial charge in [0, 0.05) is 24.9 Å². The second kappa shape index (κ2) is 8.29. The van der Waals surface area contributed by atoms with Crippen LogP contribution in [0.15, 0.2) is 29.6 Å². The standard InChI is InChI=1S/C18H23FN4OS/c19-14-6-4-5-13(11-14)16-7-2-1-3-10-23(16)18(24)21-9-8-15-12-25-17(20)22-15/h4-6,11-12,16H,1-3,7-10H2,(H2,20,22)(H,21,24)/t16-/m1/s1. The Labute approximate surface area is 151 Å². The molecule has 1 aromatic carbocycles. The lowest BCUT2D eigenvalue weighted by Gasteiger charge is -2.30. The maximum absolute atomic E-state index is 13.6. The molecule has 2 heterocycles. The maximum Gasteiger partial charge on any atom is 0.317 e. The zero-order chi connectivity index (χ0) is 17.6. The van der Waals surface area contributed by atoms with Crippen LogP contribution >= 0.6 is 11.3 Å². The van der Waals surface area contributed by atoms with Gasteiger partial charge in [-0.1, -0.05) is 25.0 Å². The summed E-state index contributed by atoms with van der Waals surface area (Å²) >= 11 is 1.40. The van der Waals surface area contributed by atoms with E-state index in [1.54, 1.807) is 6.07 Å². The molecule has 1 atom stereocenters. The molecule has 7 heteroatoms. The van der Waals surface area contributed by atoms with E-state index in [0.29, 0.717) is 24.6 Å². The van der Waals surface area contributed by atoms with Crippen molar-refractivity contribution in [2.75, 3.05) is 18.8 Å². The van der Waals surface area contributed by atoms with Crippen LogP contribution in [0.4, 0.5) is 14.3 Å². The van der Waals surface area contributed by atoms with E-state index in [0.717, 1.165) is 36.9 Å². The number of rotatable bonds is 4. The minimum Gasteiger partial charge on any atom is -0.375 e. The highest BCUT2D eigenvalue weighted by Gasteiger charge is 2.26. The average molecular weight is 362 g/mol. The minimum atomic E-state index is -0.261. The van der Waals surface area contributed by atoms with Gasteiger partial charge in [-0.25, -0.2) is 14.2 Å². The molecule has 0 saturated carbocycles. The Morgan fingerprint density at radius 2 is 2.28 bits per heavy atom. The number of carbonyl (C=O) groups excluding carboxylic acids is 1. The van der Waals surface area contributed by atoms with Crippen LogP contribution in [-0.2, 0) is 6.42 Å². The van der Waals surface area contributed by atoms with Gasteiger partial charge in [0.25, 0.3) is 0 Å². The number of aromatic nitrogens is 1. The van der Waals surface area contributed by atoms with Crippen molar-refractivity contribution in [2.45, 2.75) is 38.1 Å². The molecular formula is C18H23FN4OS. The van der Waals surface area contributed by atoms with Gasteiger partial charge in [0.15, 0.2) is 5.13 Å². The predicted octanol–water partition coefficient (Wildman–Crippen LogP) is 3.73. The Hall–Kier alpha value is -2.15. The average Bonchev–Trinajstić information content (AvgIpc) is 2.86. The largest absolute Gasteiger partial charge is 0.375 e. The summed E-state index contributed by atoms with van der Waals surface area (Å²) in [5, 5.41) is 5.42. The molecule has 0 spiro atoms. The van der Waals surface area contributed by atoms with E-state index in [9.17, 15) is 9.18 Å². The third kappa shape index (κ3) is 4.69. The first-order valence-corrected chi connectivity index (χ1v) is 9.51. The molecule has 3 rings (SSSR count). The molecule has 1 aliphatic heterocycles. The lowest BCUT2D eigenvalue weighted by atomic mass is 10.0. The highest BCUT2D eigenvalue weighted by Crippen LogP contribution is 2.30. The van der Waals surface area contributed by atoms with E-state index in [-0.39, 0.29) is 17.9 Å². The lowest BCUT2D eigenvalue weighted by Crippen LogP contribution is -2.42. The fraction of sp³-hybridized carbons (Fsp3) is 0.444. The van der Waals surface area contributed by atoms with E-state index in [1.807, 2.05) is 16.3 Å². The van der Waals surface area contributed by atoms with E-state index in [4.69, 9.17) is 5.73 Å². The van der Waals surface area contributed by atoms with Gasteiger partial charge in [0.1, 0.15) is 5.82 Å². The van der Waals surface area contributed by atoms with Gasteiger partial charge in [-0.05, 0) is 30.5 Å². The first kappa shape index (κ1) is 17.7. The molecule has 1 aliphatic rings. The lowest BCUT2D eigenvalue weighted by molar-refractivity contribution is 0.176. The van der Waals surface area contributed by atoms with Gasteiger partial charge < -0.3 is 16.0 Å². The van der Waals surface area contributed by atoms with Crippen LogP contribution in [0.5, 0.6) is 0 Å². The molecule has 0 unspecified atom stereocenters. The van der Waals surface area contributed by atoms with Gasteiger partial charge in [-0.2, -0.15) is 0 Å². The number of halogens is 1. The molecule has 3 N–H and O–H groups in total. The monoisotopic (exact) mass is 362 g/mol. The van der Waals surface area contributed by atoms with Crippen molar-refractivity contribution in [1.82, 2.24) is 15.2 Å². The smallest absolute Gasteiger partial charge is 0.317 e. The quantitative estimate of drug-likeness (QED) is 0.870. The number of anilines is 1. The van der Waals surface area contributed by atoms with Crippen molar-refractivity contribution in [3.8, 4) is 0 Å². The Balaban J connectivity index is 1.64. The van der Waals surface area contributed by atoms with Crippen LogP contribution in [0.3, 0.4) is 0 Å². The molecule has 5 nitrogen and oxygen atoms in total. The zero-order valence-electron chi connectivity index (χ0n) is 14.1. The molecule has 0 radical (unpaired) electrons. The summed E-state index contributed by atoms with van der Waals surface area (Å²) < 4.78 is 13.6. The molecule has 1 aromatic heterocycles. The Morgan fingerprint density at radius 1 is 1.40 bits per heavy atom. The highest BCUT2D eigenvalue weighted by atomic mass is 32.1. The number of hydrogen-bond donors (Lipinski definition) is 2.